The van der Waals surface area contributed by atoms with Gasteiger partial charge in [-0.15, -0.1) is 16.4 Å². The number of ether oxygens (including phenoxy) is 1. The second-order valence-electron chi connectivity index (χ2n) is 4.06. The number of rotatable bonds is 5. The van der Waals surface area contributed by atoms with E-state index < -0.39 is 23.5 Å². The maximum Gasteiger partial charge on any atom is 0.435 e. The van der Waals surface area contributed by atoms with Crippen LogP contribution >= 0.6 is 11.3 Å². The molecule has 0 fully saturated rings. The Morgan fingerprint density at radius 3 is 2.81 bits per heavy atom. The van der Waals surface area contributed by atoms with Crippen molar-refractivity contribution in [2.24, 2.45) is 0 Å². The van der Waals surface area contributed by atoms with E-state index >= 15 is 0 Å². The molecule has 2 aromatic rings. The Labute approximate surface area is 122 Å². The summed E-state index contributed by atoms with van der Waals surface area (Å²) in [5.41, 5.74) is -1.96. The summed E-state index contributed by atoms with van der Waals surface area (Å²) in [4.78, 5) is 12.4. The van der Waals surface area contributed by atoms with Gasteiger partial charge in [-0.25, -0.2) is 9.48 Å². The van der Waals surface area contributed by atoms with Gasteiger partial charge < -0.3 is 4.74 Å². The van der Waals surface area contributed by atoms with Crippen LogP contribution in [0.2, 0.25) is 0 Å². The molecule has 0 aliphatic carbocycles. The minimum atomic E-state index is -4.72. The molecule has 2 rings (SSSR count). The molecule has 0 radical (unpaired) electrons. The second-order valence-corrected chi connectivity index (χ2v) is 5.09. The van der Waals surface area contributed by atoms with E-state index in [4.69, 9.17) is 0 Å². The third-order valence-corrected chi connectivity index (χ3v) is 3.56. The number of aryl methyl sites for hydroxylation is 2. The van der Waals surface area contributed by atoms with Gasteiger partial charge in [-0.2, -0.15) is 13.2 Å². The molecule has 21 heavy (non-hydrogen) atoms. The van der Waals surface area contributed by atoms with Gasteiger partial charge in [-0.1, -0.05) is 11.3 Å². The van der Waals surface area contributed by atoms with Crippen molar-refractivity contribution in [3.63, 3.8) is 0 Å². The van der Waals surface area contributed by atoms with Gasteiger partial charge >= 0.3 is 12.1 Å². The summed E-state index contributed by atoms with van der Waals surface area (Å²) >= 11 is 1.44. The van der Waals surface area contributed by atoms with E-state index in [9.17, 15) is 18.0 Å². The summed E-state index contributed by atoms with van der Waals surface area (Å²) in [7, 11) is 0. The number of carbonyl (C=O) groups excluding carboxylic acids is 1. The molecule has 9 heteroatoms. The van der Waals surface area contributed by atoms with Crippen LogP contribution in [0.25, 0.3) is 0 Å². The Morgan fingerprint density at radius 2 is 2.24 bits per heavy atom. The van der Waals surface area contributed by atoms with E-state index in [0.29, 0.717) is 11.1 Å². The van der Waals surface area contributed by atoms with Crippen molar-refractivity contribution in [1.82, 2.24) is 15.0 Å². The lowest BCUT2D eigenvalue weighted by molar-refractivity contribution is -0.144. The fraction of sp³-hybridized carbons (Fsp3) is 0.417. The zero-order valence-corrected chi connectivity index (χ0v) is 11.9. The number of aromatic nitrogens is 3. The quantitative estimate of drug-likeness (QED) is 0.795. The maximum absolute atomic E-state index is 13.1. The third-order valence-electron chi connectivity index (χ3n) is 2.62. The van der Waals surface area contributed by atoms with Crippen LogP contribution in [0.1, 0.15) is 28.0 Å². The first-order valence-electron chi connectivity index (χ1n) is 6.13. The van der Waals surface area contributed by atoms with Crippen molar-refractivity contribution >= 4 is 17.3 Å². The first kappa shape index (κ1) is 15.5. The van der Waals surface area contributed by atoms with E-state index in [2.05, 4.69) is 15.0 Å². The predicted molar refractivity (Wildman–Crippen MR) is 69.0 cm³/mol. The average Bonchev–Trinajstić information content (AvgIpc) is 3.05. The lowest BCUT2D eigenvalue weighted by Gasteiger charge is -2.10. The lowest BCUT2D eigenvalue weighted by Crippen LogP contribution is -2.20. The van der Waals surface area contributed by atoms with E-state index in [1.165, 1.54) is 18.3 Å². The van der Waals surface area contributed by atoms with E-state index in [0.717, 1.165) is 4.88 Å². The van der Waals surface area contributed by atoms with Crippen molar-refractivity contribution < 1.29 is 22.7 Å². The van der Waals surface area contributed by atoms with Crippen molar-refractivity contribution in [2.45, 2.75) is 26.1 Å². The molecule has 0 bridgehead atoms. The average molecular weight is 319 g/mol. The molecule has 0 N–H and O–H groups in total. The molecule has 114 valence electrons. The molecule has 0 aliphatic rings. The summed E-state index contributed by atoms with van der Waals surface area (Å²) in [6.45, 7) is 1.46. The van der Waals surface area contributed by atoms with E-state index in [1.807, 2.05) is 17.5 Å². The Hall–Kier alpha value is -1.90. The van der Waals surface area contributed by atoms with Crippen LogP contribution < -0.4 is 0 Å². The normalized spacial score (nSPS) is 11.6. The number of alkyl halides is 3. The first-order valence-corrected chi connectivity index (χ1v) is 7.01. The fourth-order valence-electron chi connectivity index (χ4n) is 1.76. The van der Waals surface area contributed by atoms with Crippen LogP contribution in [0.15, 0.2) is 17.5 Å². The Balaban J connectivity index is 2.26. The van der Waals surface area contributed by atoms with Crippen molar-refractivity contribution in [2.75, 3.05) is 6.61 Å². The molecule has 0 atom stereocenters. The summed E-state index contributed by atoms with van der Waals surface area (Å²) in [5.74, 6) is -1.12. The van der Waals surface area contributed by atoms with E-state index in [1.54, 1.807) is 0 Å². The van der Waals surface area contributed by atoms with Gasteiger partial charge in [0, 0.05) is 17.8 Å². The van der Waals surface area contributed by atoms with Crippen LogP contribution in [-0.2, 0) is 23.9 Å². The van der Waals surface area contributed by atoms with Crippen LogP contribution in [0.4, 0.5) is 13.2 Å². The molecule has 2 aromatic heterocycles. The third kappa shape index (κ3) is 3.60. The van der Waals surface area contributed by atoms with Gasteiger partial charge in [0.2, 0.25) is 5.69 Å². The van der Waals surface area contributed by atoms with Crippen molar-refractivity contribution in [3.05, 3.63) is 33.8 Å². The predicted octanol–water partition coefficient (Wildman–Crippen LogP) is 2.78. The number of carbonyl (C=O) groups is 1. The molecule has 0 saturated carbocycles. The van der Waals surface area contributed by atoms with Gasteiger partial charge in [-0.3, -0.25) is 0 Å². The summed E-state index contributed by atoms with van der Waals surface area (Å²) in [6.07, 6.45) is -4.34. The molecule has 5 nitrogen and oxygen atoms in total. The molecule has 0 amide bonds. The minimum absolute atomic E-state index is 0.0121. The zero-order chi connectivity index (χ0) is 15.5. The zero-order valence-electron chi connectivity index (χ0n) is 11.1. The van der Waals surface area contributed by atoms with Crippen LogP contribution in [0.5, 0.6) is 0 Å². The Bertz CT molecular complexity index is 608. The maximum atomic E-state index is 13.1. The van der Waals surface area contributed by atoms with Gasteiger partial charge in [0.05, 0.1) is 6.61 Å². The number of halogens is 3. The second kappa shape index (κ2) is 6.25. The van der Waals surface area contributed by atoms with Gasteiger partial charge in [0.15, 0.2) is 5.69 Å². The molecular weight excluding hydrogens is 307 g/mol. The highest BCUT2D eigenvalue weighted by atomic mass is 32.1. The molecule has 2 heterocycles. The smallest absolute Gasteiger partial charge is 0.435 e. The lowest BCUT2D eigenvalue weighted by atomic mass is 10.3. The minimum Gasteiger partial charge on any atom is -0.461 e. The number of hydrogen-bond donors (Lipinski definition) is 0. The summed E-state index contributed by atoms with van der Waals surface area (Å²) in [6, 6.07) is 3.64. The summed E-state index contributed by atoms with van der Waals surface area (Å²) < 4.78 is 44.6. The SMILES string of the molecule is CCOC(=O)c1nnn(CCc2cccs2)c1C(F)(F)F. The Kier molecular flexibility index (Phi) is 4.61. The van der Waals surface area contributed by atoms with Gasteiger partial charge in [-0.05, 0) is 18.4 Å². The topological polar surface area (TPSA) is 57.0 Å². The fourth-order valence-corrected chi connectivity index (χ4v) is 2.46. The van der Waals surface area contributed by atoms with Crippen molar-refractivity contribution in [1.29, 1.82) is 0 Å². The number of thiophene rings is 1. The molecule has 0 aromatic carbocycles. The largest absolute Gasteiger partial charge is 0.461 e. The molecule has 0 spiro atoms. The number of esters is 1. The highest BCUT2D eigenvalue weighted by Crippen LogP contribution is 2.31. The molecule has 0 saturated heterocycles. The van der Waals surface area contributed by atoms with Gasteiger partial charge in [0.25, 0.3) is 0 Å². The van der Waals surface area contributed by atoms with Crippen LogP contribution in [0.3, 0.4) is 0 Å². The molecular formula is C12H12F3N3O2S. The van der Waals surface area contributed by atoms with Crippen LogP contribution in [0, 0.1) is 0 Å². The van der Waals surface area contributed by atoms with Gasteiger partial charge in [0.1, 0.15) is 0 Å². The Morgan fingerprint density at radius 1 is 1.48 bits per heavy atom. The summed E-state index contributed by atoms with van der Waals surface area (Å²) in [5, 5.41) is 8.60. The first-order chi connectivity index (χ1) is 9.93. The van der Waals surface area contributed by atoms with Crippen molar-refractivity contribution in [3.8, 4) is 0 Å². The van der Waals surface area contributed by atoms with Crippen LogP contribution in [-0.4, -0.2) is 27.6 Å². The molecule has 0 unspecified atom stereocenters. The molecule has 0 aliphatic heterocycles. The highest BCUT2D eigenvalue weighted by Gasteiger charge is 2.41. The van der Waals surface area contributed by atoms with E-state index in [-0.39, 0.29) is 13.2 Å². The highest BCUT2D eigenvalue weighted by molar-refractivity contribution is 7.09. The number of nitrogens with zero attached hydrogens (tertiary/aromatic N) is 3. The number of hydrogen-bond acceptors (Lipinski definition) is 5. The standard InChI is InChI=1S/C12H12F3N3O2S/c1-2-20-11(19)9-10(12(13,14)15)18(17-16-9)6-5-8-4-3-7-21-8/h3-4,7H,2,5-6H2,1H3. The monoisotopic (exact) mass is 319 g/mol.